The summed E-state index contributed by atoms with van der Waals surface area (Å²) >= 11 is 0. The molecular formula is C29H21F3N4. The molecule has 0 unspecified atom stereocenters. The lowest BCUT2D eigenvalue weighted by Crippen LogP contribution is -2.04. The molecule has 0 aliphatic heterocycles. The molecule has 7 heteroatoms. The summed E-state index contributed by atoms with van der Waals surface area (Å²) in [4.78, 5) is 0. The lowest BCUT2D eigenvalue weighted by molar-refractivity contribution is -0.137. The number of halogens is 3. The van der Waals surface area contributed by atoms with Gasteiger partial charge in [-0.25, -0.2) is 4.68 Å². The van der Waals surface area contributed by atoms with Crippen molar-refractivity contribution in [2.24, 2.45) is 5.10 Å². The maximum atomic E-state index is 12.7. The van der Waals surface area contributed by atoms with Gasteiger partial charge in [-0.05, 0) is 48.0 Å². The number of alkyl halides is 3. The molecule has 36 heavy (non-hydrogen) atoms. The van der Waals surface area contributed by atoms with Crippen LogP contribution in [0.3, 0.4) is 0 Å². The molecule has 0 saturated heterocycles. The average Bonchev–Trinajstić information content (AvgIpc) is 3.36. The van der Waals surface area contributed by atoms with Crippen LogP contribution in [-0.4, -0.2) is 16.0 Å². The quantitative estimate of drug-likeness (QED) is 0.199. The monoisotopic (exact) mass is 482 g/mol. The molecule has 1 aromatic heterocycles. The molecule has 5 aromatic rings. The van der Waals surface area contributed by atoms with Crippen LogP contribution in [0, 0.1) is 0 Å². The Bertz CT molecular complexity index is 1460. The number of hydrogen-bond acceptors (Lipinski definition) is 3. The maximum Gasteiger partial charge on any atom is 0.416 e. The lowest BCUT2D eigenvalue weighted by Gasteiger charge is -2.08. The zero-order valence-corrected chi connectivity index (χ0v) is 19.0. The number of hydrazone groups is 1. The van der Waals surface area contributed by atoms with Crippen LogP contribution in [0.25, 0.3) is 28.2 Å². The van der Waals surface area contributed by atoms with Gasteiger partial charge >= 0.3 is 6.18 Å². The molecule has 1 N–H and O–H groups in total. The molecule has 5 rings (SSSR count). The topological polar surface area (TPSA) is 42.2 Å². The Morgan fingerprint density at radius 2 is 1.33 bits per heavy atom. The Labute approximate surface area is 206 Å². The number of benzene rings is 4. The second kappa shape index (κ2) is 9.92. The molecule has 0 aliphatic rings. The van der Waals surface area contributed by atoms with Crippen molar-refractivity contribution in [3.8, 4) is 28.2 Å². The number of aromatic nitrogens is 2. The number of rotatable bonds is 6. The minimum atomic E-state index is -4.36. The molecule has 0 amide bonds. The van der Waals surface area contributed by atoms with Gasteiger partial charge in [0.2, 0.25) is 0 Å². The first-order valence-electron chi connectivity index (χ1n) is 11.2. The van der Waals surface area contributed by atoms with Crippen molar-refractivity contribution in [1.29, 1.82) is 0 Å². The second-order valence-corrected chi connectivity index (χ2v) is 8.10. The molecule has 0 spiro atoms. The van der Waals surface area contributed by atoms with Gasteiger partial charge < -0.3 is 0 Å². The minimum absolute atomic E-state index is 0.466. The van der Waals surface area contributed by atoms with Crippen molar-refractivity contribution >= 4 is 11.9 Å². The zero-order valence-electron chi connectivity index (χ0n) is 19.0. The van der Waals surface area contributed by atoms with Gasteiger partial charge in [-0.2, -0.15) is 23.4 Å². The molecule has 0 aliphatic carbocycles. The summed E-state index contributed by atoms with van der Waals surface area (Å²) in [5, 5.41) is 9.01. The van der Waals surface area contributed by atoms with E-state index in [0.717, 1.165) is 45.9 Å². The Morgan fingerprint density at radius 3 is 1.94 bits per heavy atom. The van der Waals surface area contributed by atoms with E-state index in [9.17, 15) is 13.2 Å². The van der Waals surface area contributed by atoms with Gasteiger partial charge in [0.15, 0.2) is 0 Å². The van der Waals surface area contributed by atoms with Crippen molar-refractivity contribution in [2.45, 2.75) is 6.18 Å². The summed E-state index contributed by atoms with van der Waals surface area (Å²) in [5.74, 6) is 0. The van der Waals surface area contributed by atoms with Crippen molar-refractivity contribution < 1.29 is 13.2 Å². The van der Waals surface area contributed by atoms with Gasteiger partial charge in [-0.3, -0.25) is 5.43 Å². The average molecular weight is 483 g/mol. The van der Waals surface area contributed by atoms with Gasteiger partial charge in [0.1, 0.15) is 0 Å². The van der Waals surface area contributed by atoms with Crippen LogP contribution in [-0.2, 0) is 6.18 Å². The van der Waals surface area contributed by atoms with E-state index in [4.69, 9.17) is 5.10 Å². The fourth-order valence-corrected chi connectivity index (χ4v) is 3.76. The molecule has 0 fully saturated rings. The van der Waals surface area contributed by atoms with Crippen molar-refractivity contribution in [3.63, 3.8) is 0 Å². The Balaban J connectivity index is 1.37. The SMILES string of the molecule is FC(F)(F)c1ccc(NN=Cc2ccc(-n3nc(-c4ccccc4)cc3-c3ccccc3)cc2)cc1. The first kappa shape index (κ1) is 23.1. The van der Waals surface area contributed by atoms with Crippen LogP contribution in [0.2, 0.25) is 0 Å². The van der Waals surface area contributed by atoms with E-state index in [0.29, 0.717) is 5.69 Å². The first-order valence-corrected chi connectivity index (χ1v) is 11.2. The third-order valence-corrected chi connectivity index (χ3v) is 5.61. The fourth-order valence-electron chi connectivity index (χ4n) is 3.76. The van der Waals surface area contributed by atoms with Crippen LogP contribution in [0.5, 0.6) is 0 Å². The summed E-state index contributed by atoms with van der Waals surface area (Å²) in [7, 11) is 0. The molecular weight excluding hydrogens is 461 g/mol. The Morgan fingerprint density at radius 1 is 0.722 bits per heavy atom. The van der Waals surface area contributed by atoms with Crippen molar-refractivity contribution in [2.75, 3.05) is 5.43 Å². The van der Waals surface area contributed by atoms with Gasteiger partial charge in [-0.15, -0.1) is 0 Å². The predicted molar refractivity (Wildman–Crippen MR) is 137 cm³/mol. The standard InChI is InChI=1S/C29H21F3N4/c30-29(31,32)24-13-15-25(16-14-24)34-33-20-21-11-17-26(18-12-21)36-28(23-9-5-2-6-10-23)19-27(35-36)22-7-3-1-4-8-22/h1-20,34H. The third-order valence-electron chi connectivity index (χ3n) is 5.61. The van der Waals surface area contributed by atoms with Crippen LogP contribution < -0.4 is 5.43 Å². The van der Waals surface area contributed by atoms with Gasteiger partial charge in [0.05, 0.1) is 34.5 Å². The van der Waals surface area contributed by atoms with Crippen LogP contribution in [0.4, 0.5) is 18.9 Å². The van der Waals surface area contributed by atoms with E-state index in [-0.39, 0.29) is 0 Å². The number of anilines is 1. The Kier molecular flexibility index (Phi) is 6.36. The third kappa shape index (κ3) is 5.20. The molecule has 1 heterocycles. The van der Waals surface area contributed by atoms with Crippen LogP contribution >= 0.6 is 0 Å². The predicted octanol–water partition coefficient (Wildman–Crippen LogP) is 7.67. The second-order valence-electron chi connectivity index (χ2n) is 8.10. The smallest absolute Gasteiger partial charge is 0.279 e. The highest BCUT2D eigenvalue weighted by Gasteiger charge is 2.29. The highest BCUT2D eigenvalue weighted by atomic mass is 19.4. The van der Waals surface area contributed by atoms with E-state index in [1.54, 1.807) is 6.21 Å². The minimum Gasteiger partial charge on any atom is -0.279 e. The highest BCUT2D eigenvalue weighted by Crippen LogP contribution is 2.30. The maximum absolute atomic E-state index is 12.7. The lowest BCUT2D eigenvalue weighted by atomic mass is 10.1. The van der Waals surface area contributed by atoms with Gasteiger partial charge in [0.25, 0.3) is 0 Å². The van der Waals surface area contributed by atoms with E-state index < -0.39 is 11.7 Å². The molecule has 0 atom stereocenters. The summed E-state index contributed by atoms with van der Waals surface area (Å²) in [6, 6.07) is 34.6. The van der Waals surface area contributed by atoms with Crippen LogP contribution in [0.1, 0.15) is 11.1 Å². The highest BCUT2D eigenvalue weighted by molar-refractivity contribution is 5.80. The number of nitrogens with one attached hydrogen (secondary N) is 1. The van der Waals surface area contributed by atoms with Crippen molar-refractivity contribution in [3.05, 3.63) is 126 Å². The van der Waals surface area contributed by atoms with Crippen LogP contribution in [0.15, 0.2) is 120 Å². The van der Waals surface area contributed by atoms with Gasteiger partial charge in [-0.1, -0.05) is 72.8 Å². The molecule has 0 saturated carbocycles. The first-order chi connectivity index (χ1) is 17.5. The molecule has 0 radical (unpaired) electrons. The Hall–Kier alpha value is -4.65. The molecule has 4 aromatic carbocycles. The summed E-state index contributed by atoms with van der Waals surface area (Å²) in [6.07, 6.45) is -2.75. The summed E-state index contributed by atoms with van der Waals surface area (Å²) in [5.41, 5.74) is 8.18. The summed E-state index contributed by atoms with van der Waals surface area (Å²) in [6.45, 7) is 0. The number of hydrogen-bond donors (Lipinski definition) is 1. The van der Waals surface area contributed by atoms with E-state index >= 15 is 0 Å². The number of nitrogens with zero attached hydrogens (tertiary/aromatic N) is 3. The van der Waals surface area contributed by atoms with Gasteiger partial charge in [0, 0.05) is 11.1 Å². The summed E-state index contributed by atoms with van der Waals surface area (Å²) < 4.78 is 40.0. The van der Waals surface area contributed by atoms with Crippen molar-refractivity contribution in [1.82, 2.24) is 9.78 Å². The zero-order chi connectivity index (χ0) is 25.0. The fraction of sp³-hybridized carbons (Fsp3) is 0.0345. The molecule has 0 bridgehead atoms. The van der Waals surface area contributed by atoms with E-state index in [2.05, 4.69) is 28.7 Å². The van der Waals surface area contributed by atoms with E-state index in [1.165, 1.54) is 12.1 Å². The normalized spacial score (nSPS) is 11.6. The van der Waals surface area contributed by atoms with E-state index in [1.807, 2.05) is 77.5 Å². The molecule has 178 valence electrons. The largest absolute Gasteiger partial charge is 0.416 e. The molecule has 4 nitrogen and oxygen atoms in total.